The van der Waals surface area contributed by atoms with Crippen molar-refractivity contribution in [2.24, 2.45) is 5.73 Å². The number of hydrogen-bond acceptors (Lipinski definition) is 4. The summed E-state index contributed by atoms with van der Waals surface area (Å²) in [7, 11) is 1.56. The molecular weight excluding hydrogens is 276 g/mol. The topological polar surface area (TPSA) is 74.4 Å². The van der Waals surface area contributed by atoms with Gasteiger partial charge in [0.05, 0.1) is 6.10 Å². The van der Waals surface area contributed by atoms with E-state index in [1.165, 1.54) is 0 Å². The number of nitrogens with two attached hydrogens (primary N) is 1. The van der Waals surface area contributed by atoms with E-state index in [2.05, 4.69) is 25.7 Å². The van der Waals surface area contributed by atoms with E-state index >= 15 is 0 Å². The number of nitrogens with zero attached hydrogens (tertiary/aromatic N) is 1. The van der Waals surface area contributed by atoms with E-state index in [0.717, 1.165) is 10.2 Å². The molecular formula is C10H13BrN2O3. The number of ether oxygens (including phenoxy) is 2. The van der Waals surface area contributed by atoms with Gasteiger partial charge in [0, 0.05) is 19.7 Å². The Bertz CT molecular complexity index is 342. The van der Waals surface area contributed by atoms with Crippen LogP contribution in [0.4, 0.5) is 4.79 Å². The lowest BCUT2D eigenvalue weighted by molar-refractivity contribution is 0.0384. The minimum absolute atomic E-state index is 0.141. The van der Waals surface area contributed by atoms with Crippen LogP contribution in [-0.2, 0) is 15.9 Å². The molecule has 1 rings (SSSR count). The van der Waals surface area contributed by atoms with Gasteiger partial charge in [0.2, 0.25) is 0 Å². The van der Waals surface area contributed by atoms with Crippen molar-refractivity contribution in [2.45, 2.75) is 12.5 Å². The highest BCUT2D eigenvalue weighted by Crippen LogP contribution is 2.09. The number of pyridine rings is 1. The minimum atomic E-state index is -0.795. The lowest BCUT2D eigenvalue weighted by atomic mass is 10.1. The summed E-state index contributed by atoms with van der Waals surface area (Å²) in [6.07, 6.45) is 1.34. The molecule has 1 heterocycles. The first-order valence-electron chi connectivity index (χ1n) is 4.67. The van der Waals surface area contributed by atoms with E-state index in [1.54, 1.807) is 13.3 Å². The zero-order valence-electron chi connectivity index (χ0n) is 8.85. The molecule has 16 heavy (non-hydrogen) atoms. The standard InChI is InChI=1S/C10H13BrN2O3/c1-15-8(6-16-10(12)14)4-7-2-3-9(11)13-5-7/h2-3,5,8H,4,6H2,1H3,(H2,12,14). The second-order valence-electron chi connectivity index (χ2n) is 3.18. The average Bonchev–Trinajstić information content (AvgIpc) is 2.26. The van der Waals surface area contributed by atoms with Crippen molar-refractivity contribution in [1.82, 2.24) is 4.98 Å². The highest BCUT2D eigenvalue weighted by atomic mass is 79.9. The number of methoxy groups -OCH3 is 1. The van der Waals surface area contributed by atoms with Gasteiger partial charge in [-0.2, -0.15) is 0 Å². The molecule has 1 amide bonds. The summed E-state index contributed by atoms with van der Waals surface area (Å²) < 4.78 is 10.6. The van der Waals surface area contributed by atoms with Crippen LogP contribution in [0.1, 0.15) is 5.56 Å². The molecule has 0 aliphatic heterocycles. The fourth-order valence-corrected chi connectivity index (χ4v) is 1.41. The largest absolute Gasteiger partial charge is 0.447 e. The quantitative estimate of drug-likeness (QED) is 0.833. The van der Waals surface area contributed by atoms with Gasteiger partial charge in [-0.15, -0.1) is 0 Å². The number of hydrogen-bond donors (Lipinski definition) is 1. The third-order valence-corrected chi connectivity index (χ3v) is 2.47. The fraction of sp³-hybridized carbons (Fsp3) is 0.400. The SMILES string of the molecule is COC(COC(N)=O)Cc1ccc(Br)nc1. The Hall–Kier alpha value is -1.14. The molecule has 1 aromatic rings. The third kappa shape index (κ3) is 4.59. The number of primary amides is 1. The summed E-state index contributed by atoms with van der Waals surface area (Å²) in [5.74, 6) is 0. The Morgan fingerprint density at radius 1 is 1.62 bits per heavy atom. The molecule has 1 aromatic heterocycles. The first kappa shape index (κ1) is 12.9. The van der Waals surface area contributed by atoms with E-state index in [9.17, 15) is 4.79 Å². The zero-order chi connectivity index (χ0) is 12.0. The molecule has 2 N–H and O–H groups in total. The molecule has 6 heteroatoms. The van der Waals surface area contributed by atoms with Gasteiger partial charge in [-0.25, -0.2) is 9.78 Å². The molecule has 1 unspecified atom stereocenters. The molecule has 5 nitrogen and oxygen atoms in total. The van der Waals surface area contributed by atoms with Gasteiger partial charge in [-0.1, -0.05) is 6.07 Å². The molecule has 0 bridgehead atoms. The normalized spacial score (nSPS) is 12.1. The van der Waals surface area contributed by atoms with Crippen LogP contribution < -0.4 is 5.73 Å². The molecule has 0 spiro atoms. The predicted molar refractivity (Wildman–Crippen MR) is 62.0 cm³/mol. The summed E-state index contributed by atoms with van der Waals surface area (Å²) >= 11 is 3.25. The third-order valence-electron chi connectivity index (χ3n) is 2.00. The summed E-state index contributed by atoms with van der Waals surface area (Å²) in [4.78, 5) is 14.5. The van der Waals surface area contributed by atoms with Gasteiger partial charge >= 0.3 is 6.09 Å². The van der Waals surface area contributed by atoms with Crippen LogP contribution in [0.2, 0.25) is 0 Å². The number of carbonyl (C=O) groups excluding carboxylic acids is 1. The van der Waals surface area contributed by atoms with Crippen LogP contribution >= 0.6 is 15.9 Å². The van der Waals surface area contributed by atoms with Crippen LogP contribution in [0.3, 0.4) is 0 Å². The van der Waals surface area contributed by atoms with Crippen LogP contribution in [0, 0.1) is 0 Å². The van der Waals surface area contributed by atoms with Gasteiger partial charge in [-0.3, -0.25) is 0 Å². The Kier molecular flexibility index (Phi) is 5.21. The first-order valence-corrected chi connectivity index (χ1v) is 5.46. The van der Waals surface area contributed by atoms with E-state index < -0.39 is 6.09 Å². The average molecular weight is 289 g/mol. The Labute approximate surface area is 102 Å². The van der Waals surface area contributed by atoms with Gasteiger partial charge in [0.15, 0.2) is 0 Å². The zero-order valence-corrected chi connectivity index (χ0v) is 10.4. The number of aromatic nitrogens is 1. The van der Waals surface area contributed by atoms with E-state index in [1.807, 2.05) is 12.1 Å². The molecule has 88 valence electrons. The maximum atomic E-state index is 10.4. The van der Waals surface area contributed by atoms with E-state index in [4.69, 9.17) is 10.5 Å². The lowest BCUT2D eigenvalue weighted by Gasteiger charge is -2.14. The van der Waals surface area contributed by atoms with Gasteiger partial charge in [-0.05, 0) is 27.6 Å². The van der Waals surface area contributed by atoms with Crippen molar-refractivity contribution in [2.75, 3.05) is 13.7 Å². The molecule has 0 saturated heterocycles. The summed E-state index contributed by atoms with van der Waals surface area (Å²) in [5.41, 5.74) is 5.88. The Balaban J connectivity index is 2.49. The number of amides is 1. The number of carbonyl (C=O) groups is 1. The second-order valence-corrected chi connectivity index (χ2v) is 3.99. The van der Waals surface area contributed by atoms with Crippen LogP contribution in [0.25, 0.3) is 0 Å². The molecule has 0 saturated carbocycles. The van der Waals surface area contributed by atoms with Crippen LogP contribution in [-0.4, -0.2) is 30.9 Å². The number of halogens is 1. The van der Waals surface area contributed by atoms with E-state index in [-0.39, 0.29) is 12.7 Å². The molecule has 0 aliphatic carbocycles. The van der Waals surface area contributed by atoms with Gasteiger partial charge in [0.25, 0.3) is 0 Å². The minimum Gasteiger partial charge on any atom is -0.447 e. The monoisotopic (exact) mass is 288 g/mol. The Morgan fingerprint density at radius 2 is 2.38 bits per heavy atom. The summed E-state index contributed by atoms with van der Waals surface area (Å²) in [5, 5.41) is 0. The van der Waals surface area contributed by atoms with Crippen LogP contribution in [0.15, 0.2) is 22.9 Å². The molecule has 0 aliphatic rings. The summed E-state index contributed by atoms with van der Waals surface area (Å²) in [6.45, 7) is 0.141. The molecule has 0 aromatic carbocycles. The molecule has 1 atom stereocenters. The van der Waals surface area contributed by atoms with Gasteiger partial charge < -0.3 is 15.2 Å². The maximum absolute atomic E-state index is 10.4. The van der Waals surface area contributed by atoms with Crippen molar-refractivity contribution in [1.29, 1.82) is 0 Å². The van der Waals surface area contributed by atoms with Crippen molar-refractivity contribution < 1.29 is 14.3 Å². The van der Waals surface area contributed by atoms with E-state index in [0.29, 0.717) is 6.42 Å². The first-order chi connectivity index (χ1) is 7.61. The maximum Gasteiger partial charge on any atom is 0.404 e. The molecule has 0 fully saturated rings. The highest BCUT2D eigenvalue weighted by Gasteiger charge is 2.10. The molecule has 0 radical (unpaired) electrons. The van der Waals surface area contributed by atoms with Gasteiger partial charge in [0.1, 0.15) is 11.2 Å². The number of rotatable bonds is 5. The van der Waals surface area contributed by atoms with Crippen molar-refractivity contribution in [3.63, 3.8) is 0 Å². The van der Waals surface area contributed by atoms with Crippen LogP contribution in [0.5, 0.6) is 0 Å². The Morgan fingerprint density at radius 3 is 2.88 bits per heavy atom. The smallest absolute Gasteiger partial charge is 0.404 e. The van der Waals surface area contributed by atoms with Crippen molar-refractivity contribution in [3.8, 4) is 0 Å². The highest BCUT2D eigenvalue weighted by molar-refractivity contribution is 9.10. The predicted octanol–water partition coefficient (Wildman–Crippen LogP) is 1.50. The second kappa shape index (κ2) is 6.44. The summed E-state index contributed by atoms with van der Waals surface area (Å²) in [6, 6.07) is 3.77. The van der Waals surface area contributed by atoms with Crippen molar-refractivity contribution >= 4 is 22.0 Å². The van der Waals surface area contributed by atoms with Crippen molar-refractivity contribution in [3.05, 3.63) is 28.5 Å². The fourth-order valence-electron chi connectivity index (χ4n) is 1.18. The lowest BCUT2D eigenvalue weighted by Crippen LogP contribution is -2.25.